The molecule has 0 aliphatic rings. The lowest BCUT2D eigenvalue weighted by atomic mass is 10.2. The van der Waals surface area contributed by atoms with Gasteiger partial charge in [0.2, 0.25) is 0 Å². The van der Waals surface area contributed by atoms with Crippen molar-refractivity contribution in [2.45, 2.75) is 0 Å². The van der Waals surface area contributed by atoms with Gasteiger partial charge < -0.3 is 0 Å². The Morgan fingerprint density at radius 1 is 0.857 bits per heavy atom. The normalized spacial score (nSPS) is 10.6. The molecular formula is C12H11N2+. The maximum Gasteiger partial charge on any atom is 0.167 e. The number of aromatic amines is 1. The van der Waals surface area contributed by atoms with E-state index in [1.165, 1.54) is 5.56 Å². The number of rotatable bonds is 2. The molecule has 2 heteroatoms. The van der Waals surface area contributed by atoms with Gasteiger partial charge in [-0.05, 0) is 23.3 Å². The summed E-state index contributed by atoms with van der Waals surface area (Å²) in [6.45, 7) is 0. The van der Waals surface area contributed by atoms with Crippen molar-refractivity contribution in [2.24, 2.45) is 0 Å². The molecule has 0 bridgehead atoms. The molecule has 2 aromatic heterocycles. The van der Waals surface area contributed by atoms with Crippen LogP contribution in [0.4, 0.5) is 0 Å². The molecular weight excluding hydrogens is 172 g/mol. The van der Waals surface area contributed by atoms with Crippen LogP contribution in [0, 0.1) is 0 Å². The van der Waals surface area contributed by atoms with E-state index in [0.717, 1.165) is 5.56 Å². The summed E-state index contributed by atoms with van der Waals surface area (Å²) in [6.07, 6.45) is 11.5. The molecule has 0 aliphatic carbocycles. The lowest BCUT2D eigenvalue weighted by Crippen LogP contribution is -1.96. The molecule has 14 heavy (non-hydrogen) atoms. The smallest absolute Gasteiger partial charge is 0.167 e. The SMILES string of the molecule is C(=C\c1cc[nH+]cc1)/c1ccncc1. The summed E-state index contributed by atoms with van der Waals surface area (Å²) in [5, 5.41) is 0. The van der Waals surface area contributed by atoms with Crippen LogP contribution in [0.3, 0.4) is 0 Å². The zero-order chi connectivity index (χ0) is 9.64. The zero-order valence-corrected chi connectivity index (χ0v) is 7.72. The third-order valence-electron chi connectivity index (χ3n) is 1.92. The highest BCUT2D eigenvalue weighted by atomic mass is 14.6. The summed E-state index contributed by atoms with van der Waals surface area (Å²) in [4.78, 5) is 6.95. The molecule has 0 atom stereocenters. The third kappa shape index (κ3) is 2.26. The number of H-pyrrole nitrogens is 1. The van der Waals surface area contributed by atoms with Gasteiger partial charge in [0.1, 0.15) is 0 Å². The number of nitrogens with zero attached hydrogens (tertiary/aromatic N) is 1. The molecule has 2 heterocycles. The second-order valence-electron chi connectivity index (χ2n) is 2.95. The highest BCUT2D eigenvalue weighted by Crippen LogP contribution is 2.04. The van der Waals surface area contributed by atoms with E-state index in [1.54, 1.807) is 12.4 Å². The molecule has 0 fully saturated rings. The maximum absolute atomic E-state index is 3.96. The molecule has 0 spiro atoms. The topological polar surface area (TPSA) is 27.0 Å². The van der Waals surface area contributed by atoms with Gasteiger partial charge >= 0.3 is 0 Å². The Hall–Kier alpha value is -1.96. The minimum atomic E-state index is 1.16. The summed E-state index contributed by atoms with van der Waals surface area (Å²) < 4.78 is 0. The van der Waals surface area contributed by atoms with Crippen molar-refractivity contribution in [1.82, 2.24) is 4.98 Å². The first-order valence-corrected chi connectivity index (χ1v) is 4.49. The van der Waals surface area contributed by atoms with Gasteiger partial charge in [-0.25, -0.2) is 4.98 Å². The van der Waals surface area contributed by atoms with Crippen LogP contribution in [0.15, 0.2) is 49.1 Å². The van der Waals surface area contributed by atoms with E-state index >= 15 is 0 Å². The van der Waals surface area contributed by atoms with Crippen LogP contribution >= 0.6 is 0 Å². The summed E-state index contributed by atoms with van der Waals surface area (Å²) >= 11 is 0. The Balaban J connectivity index is 2.16. The molecule has 0 aromatic carbocycles. The van der Waals surface area contributed by atoms with Crippen molar-refractivity contribution in [1.29, 1.82) is 0 Å². The van der Waals surface area contributed by atoms with Crippen LogP contribution in [0.25, 0.3) is 12.2 Å². The third-order valence-corrected chi connectivity index (χ3v) is 1.92. The molecule has 0 unspecified atom stereocenters. The Morgan fingerprint density at radius 2 is 1.43 bits per heavy atom. The highest BCUT2D eigenvalue weighted by molar-refractivity contribution is 5.68. The van der Waals surface area contributed by atoms with Crippen molar-refractivity contribution in [2.75, 3.05) is 0 Å². The quantitative estimate of drug-likeness (QED) is 0.700. The van der Waals surface area contributed by atoms with E-state index in [2.05, 4.69) is 22.1 Å². The number of nitrogens with one attached hydrogen (secondary N) is 1. The van der Waals surface area contributed by atoms with Gasteiger partial charge in [-0.15, -0.1) is 0 Å². The average Bonchev–Trinajstić information content (AvgIpc) is 2.29. The molecule has 0 radical (unpaired) electrons. The predicted molar refractivity (Wildman–Crippen MR) is 56.2 cm³/mol. The first kappa shape index (κ1) is 8.63. The minimum Gasteiger partial charge on any atom is -0.265 e. The number of pyridine rings is 2. The van der Waals surface area contributed by atoms with Crippen molar-refractivity contribution in [3.63, 3.8) is 0 Å². The number of hydrogen-bond acceptors (Lipinski definition) is 1. The van der Waals surface area contributed by atoms with Crippen LogP contribution in [0.1, 0.15) is 11.1 Å². The standard InChI is InChI=1S/C12H10N2/c1(11-3-7-13-8-4-11)2-12-5-9-14-10-6-12/h1-10H/p+1/b2-1+. The second-order valence-corrected chi connectivity index (χ2v) is 2.95. The second kappa shape index (κ2) is 4.33. The van der Waals surface area contributed by atoms with Crippen LogP contribution in [-0.2, 0) is 0 Å². The number of hydrogen-bond donors (Lipinski definition) is 0. The Bertz CT molecular complexity index is 365. The number of aromatic nitrogens is 2. The van der Waals surface area contributed by atoms with Crippen molar-refractivity contribution in [3.05, 3.63) is 60.2 Å². The van der Waals surface area contributed by atoms with Gasteiger partial charge in [-0.2, -0.15) is 0 Å². The fourth-order valence-corrected chi connectivity index (χ4v) is 1.18. The Morgan fingerprint density at radius 3 is 2.07 bits per heavy atom. The van der Waals surface area contributed by atoms with Gasteiger partial charge in [0.15, 0.2) is 12.4 Å². The molecule has 0 saturated heterocycles. The Labute approximate surface area is 83.0 Å². The van der Waals surface area contributed by atoms with Crippen LogP contribution in [0.2, 0.25) is 0 Å². The zero-order valence-electron chi connectivity index (χ0n) is 7.72. The van der Waals surface area contributed by atoms with E-state index in [9.17, 15) is 0 Å². The first-order chi connectivity index (χ1) is 6.95. The van der Waals surface area contributed by atoms with Gasteiger partial charge in [0.05, 0.1) is 0 Å². The summed E-state index contributed by atoms with van der Waals surface area (Å²) in [5.41, 5.74) is 2.34. The van der Waals surface area contributed by atoms with Gasteiger partial charge in [0, 0.05) is 24.5 Å². The summed E-state index contributed by atoms with van der Waals surface area (Å²) in [6, 6.07) is 8.01. The fraction of sp³-hybridized carbons (Fsp3) is 0. The van der Waals surface area contributed by atoms with Gasteiger partial charge in [-0.1, -0.05) is 12.2 Å². The molecule has 2 rings (SSSR count). The van der Waals surface area contributed by atoms with E-state index in [0.29, 0.717) is 0 Å². The largest absolute Gasteiger partial charge is 0.265 e. The predicted octanol–water partition coefficient (Wildman–Crippen LogP) is 2.07. The van der Waals surface area contributed by atoms with Crippen LogP contribution in [0.5, 0.6) is 0 Å². The van der Waals surface area contributed by atoms with E-state index in [4.69, 9.17) is 0 Å². The highest BCUT2D eigenvalue weighted by Gasteiger charge is 1.87. The van der Waals surface area contributed by atoms with Crippen LogP contribution in [-0.4, -0.2) is 4.98 Å². The van der Waals surface area contributed by atoms with E-state index in [1.807, 2.05) is 36.7 Å². The van der Waals surface area contributed by atoms with Gasteiger partial charge in [-0.3, -0.25) is 4.98 Å². The molecule has 68 valence electrons. The fourth-order valence-electron chi connectivity index (χ4n) is 1.18. The first-order valence-electron chi connectivity index (χ1n) is 4.49. The monoisotopic (exact) mass is 183 g/mol. The molecule has 2 nitrogen and oxygen atoms in total. The molecule has 2 aromatic rings. The molecule has 0 aliphatic heterocycles. The van der Waals surface area contributed by atoms with E-state index < -0.39 is 0 Å². The lowest BCUT2D eigenvalue weighted by molar-refractivity contribution is -0.378. The van der Waals surface area contributed by atoms with Crippen molar-refractivity contribution >= 4 is 12.2 Å². The molecule has 1 N–H and O–H groups in total. The average molecular weight is 183 g/mol. The van der Waals surface area contributed by atoms with E-state index in [-0.39, 0.29) is 0 Å². The van der Waals surface area contributed by atoms with Crippen molar-refractivity contribution < 1.29 is 4.98 Å². The maximum atomic E-state index is 3.96. The Kier molecular flexibility index (Phi) is 2.67. The van der Waals surface area contributed by atoms with Crippen molar-refractivity contribution in [3.8, 4) is 0 Å². The lowest BCUT2D eigenvalue weighted by Gasteiger charge is -1.90. The minimum absolute atomic E-state index is 1.16. The van der Waals surface area contributed by atoms with Crippen LogP contribution < -0.4 is 4.98 Å². The summed E-state index contributed by atoms with van der Waals surface area (Å²) in [5.74, 6) is 0. The van der Waals surface area contributed by atoms with Gasteiger partial charge in [0.25, 0.3) is 0 Å². The summed E-state index contributed by atoms with van der Waals surface area (Å²) in [7, 11) is 0. The molecule has 0 saturated carbocycles. The molecule has 0 amide bonds.